The second-order valence-electron chi connectivity index (χ2n) is 5.83. The minimum absolute atomic E-state index is 0.00722. The lowest BCUT2D eigenvalue weighted by molar-refractivity contribution is -0.121. The van der Waals surface area contributed by atoms with Crippen LogP contribution in [0.5, 0.6) is 5.75 Å². The quantitative estimate of drug-likeness (QED) is 0.876. The van der Waals surface area contributed by atoms with E-state index in [1.165, 1.54) is 0 Å². The minimum atomic E-state index is 0.00722. The van der Waals surface area contributed by atoms with Gasteiger partial charge in [-0.05, 0) is 35.7 Å². The number of carbonyl (C=O) groups excluding carboxylic acids is 2. The van der Waals surface area contributed by atoms with Gasteiger partial charge in [-0.15, -0.1) is 11.3 Å². The molecule has 1 aromatic heterocycles. The smallest absolute Gasteiger partial charge is 0.227 e. The molecule has 1 aliphatic heterocycles. The summed E-state index contributed by atoms with van der Waals surface area (Å²) in [5.74, 6) is 1.01. The summed E-state index contributed by atoms with van der Waals surface area (Å²) in [6.45, 7) is 1.16. The summed E-state index contributed by atoms with van der Waals surface area (Å²) in [7, 11) is 1.62. The molecule has 1 aromatic carbocycles. The molecule has 1 fully saturated rings. The van der Waals surface area contributed by atoms with Crippen LogP contribution in [0.1, 0.15) is 11.3 Å². The summed E-state index contributed by atoms with van der Waals surface area (Å²) in [6.07, 6.45) is 0.867. The Hall–Kier alpha value is -2.34. The van der Waals surface area contributed by atoms with E-state index in [9.17, 15) is 9.59 Å². The molecular weight excluding hydrogens is 324 g/mol. The van der Waals surface area contributed by atoms with Gasteiger partial charge in [-0.3, -0.25) is 9.59 Å². The number of anilines is 1. The van der Waals surface area contributed by atoms with Crippen LogP contribution in [-0.4, -0.2) is 32.0 Å². The number of hydrogen-bond acceptors (Lipinski definition) is 4. The van der Waals surface area contributed by atoms with Gasteiger partial charge in [0.05, 0.1) is 13.5 Å². The summed E-state index contributed by atoms with van der Waals surface area (Å²) in [4.78, 5) is 27.0. The Morgan fingerprint density at radius 2 is 2.12 bits per heavy atom. The highest BCUT2D eigenvalue weighted by Gasteiger charge is 2.30. The van der Waals surface area contributed by atoms with Crippen LogP contribution in [0.4, 0.5) is 5.69 Å². The van der Waals surface area contributed by atoms with Crippen molar-refractivity contribution in [1.29, 1.82) is 0 Å². The second-order valence-corrected chi connectivity index (χ2v) is 6.86. The zero-order chi connectivity index (χ0) is 16.9. The standard InChI is InChI=1S/C18H20N2O3S/c1-23-15-6-4-14(5-7-15)20-12-13(9-18(20)22)11-19-17(21)10-16-3-2-8-24-16/h2-8,13H,9-12H2,1H3,(H,19,21)/t13-/m1/s1. The van der Waals surface area contributed by atoms with Crippen molar-refractivity contribution in [3.63, 3.8) is 0 Å². The van der Waals surface area contributed by atoms with Crippen molar-refractivity contribution in [3.05, 3.63) is 46.7 Å². The molecule has 126 valence electrons. The molecule has 0 spiro atoms. The Morgan fingerprint density at radius 3 is 2.79 bits per heavy atom. The molecule has 2 heterocycles. The Labute approximate surface area is 145 Å². The molecule has 2 amide bonds. The second kappa shape index (κ2) is 7.49. The first-order valence-electron chi connectivity index (χ1n) is 7.89. The van der Waals surface area contributed by atoms with E-state index in [2.05, 4.69) is 5.32 Å². The largest absolute Gasteiger partial charge is 0.497 e. The van der Waals surface area contributed by atoms with Crippen molar-refractivity contribution in [2.45, 2.75) is 12.8 Å². The molecule has 1 atom stereocenters. The number of amides is 2. The third-order valence-corrected chi connectivity index (χ3v) is 4.97. The summed E-state index contributed by atoms with van der Waals surface area (Å²) >= 11 is 1.58. The number of benzene rings is 1. The van der Waals surface area contributed by atoms with Crippen molar-refractivity contribution in [2.24, 2.45) is 5.92 Å². The molecule has 0 radical (unpaired) electrons. The average Bonchev–Trinajstić information content (AvgIpc) is 3.22. The zero-order valence-electron chi connectivity index (χ0n) is 13.5. The Balaban J connectivity index is 1.51. The lowest BCUT2D eigenvalue weighted by Gasteiger charge is -2.17. The van der Waals surface area contributed by atoms with E-state index >= 15 is 0 Å². The predicted molar refractivity (Wildman–Crippen MR) is 94.5 cm³/mol. The lowest BCUT2D eigenvalue weighted by Crippen LogP contribution is -2.32. The number of nitrogens with zero attached hydrogens (tertiary/aromatic N) is 1. The van der Waals surface area contributed by atoms with Crippen LogP contribution in [0.15, 0.2) is 41.8 Å². The Kier molecular flexibility index (Phi) is 5.15. The number of thiophene rings is 1. The number of hydrogen-bond donors (Lipinski definition) is 1. The number of methoxy groups -OCH3 is 1. The molecule has 0 aliphatic carbocycles. The first kappa shape index (κ1) is 16.5. The maximum Gasteiger partial charge on any atom is 0.227 e. The summed E-state index contributed by atoms with van der Waals surface area (Å²) in [5.41, 5.74) is 0.869. The molecule has 3 rings (SSSR count). The topological polar surface area (TPSA) is 58.6 Å². The fourth-order valence-electron chi connectivity index (χ4n) is 2.82. The molecule has 0 bridgehead atoms. The predicted octanol–water partition coefficient (Wildman–Crippen LogP) is 2.47. The van der Waals surface area contributed by atoms with Crippen LogP contribution in [0.3, 0.4) is 0 Å². The van der Waals surface area contributed by atoms with Crippen LogP contribution >= 0.6 is 11.3 Å². The van der Waals surface area contributed by atoms with Gasteiger partial charge in [0, 0.05) is 36.0 Å². The van der Waals surface area contributed by atoms with E-state index in [-0.39, 0.29) is 17.7 Å². The van der Waals surface area contributed by atoms with Crippen molar-refractivity contribution < 1.29 is 14.3 Å². The normalized spacial score (nSPS) is 17.1. The summed E-state index contributed by atoms with van der Waals surface area (Å²) < 4.78 is 5.14. The van der Waals surface area contributed by atoms with Gasteiger partial charge in [0.25, 0.3) is 0 Å². The minimum Gasteiger partial charge on any atom is -0.497 e. The highest BCUT2D eigenvalue weighted by atomic mass is 32.1. The van der Waals surface area contributed by atoms with Gasteiger partial charge in [0.1, 0.15) is 5.75 Å². The van der Waals surface area contributed by atoms with Crippen LogP contribution in [0.2, 0.25) is 0 Å². The molecule has 6 heteroatoms. The van der Waals surface area contributed by atoms with E-state index in [0.717, 1.165) is 16.3 Å². The van der Waals surface area contributed by atoms with E-state index < -0.39 is 0 Å². The molecule has 5 nitrogen and oxygen atoms in total. The van der Waals surface area contributed by atoms with E-state index in [1.807, 2.05) is 41.8 Å². The molecule has 0 unspecified atom stereocenters. The third-order valence-electron chi connectivity index (χ3n) is 4.09. The maximum absolute atomic E-state index is 12.2. The van der Waals surface area contributed by atoms with Gasteiger partial charge in [-0.1, -0.05) is 6.07 Å². The zero-order valence-corrected chi connectivity index (χ0v) is 14.3. The molecule has 1 saturated heterocycles. The Bertz CT molecular complexity index is 698. The number of carbonyl (C=O) groups is 2. The molecule has 2 aromatic rings. The highest BCUT2D eigenvalue weighted by Crippen LogP contribution is 2.26. The Morgan fingerprint density at radius 1 is 1.33 bits per heavy atom. The van der Waals surface area contributed by atoms with E-state index in [0.29, 0.717) is 25.9 Å². The summed E-state index contributed by atoms with van der Waals surface area (Å²) in [6, 6.07) is 11.4. The van der Waals surface area contributed by atoms with Crippen LogP contribution in [-0.2, 0) is 16.0 Å². The van der Waals surface area contributed by atoms with Crippen LogP contribution in [0, 0.1) is 5.92 Å². The third kappa shape index (κ3) is 3.94. The van der Waals surface area contributed by atoms with Crippen LogP contribution < -0.4 is 15.0 Å². The van der Waals surface area contributed by atoms with Crippen molar-refractivity contribution in [1.82, 2.24) is 5.32 Å². The fourth-order valence-corrected chi connectivity index (χ4v) is 3.53. The molecular formula is C18H20N2O3S. The van der Waals surface area contributed by atoms with E-state index in [4.69, 9.17) is 4.74 Å². The van der Waals surface area contributed by atoms with Gasteiger partial charge in [-0.25, -0.2) is 0 Å². The average molecular weight is 344 g/mol. The van der Waals surface area contributed by atoms with Gasteiger partial charge < -0.3 is 15.0 Å². The number of ether oxygens (including phenoxy) is 1. The van der Waals surface area contributed by atoms with E-state index in [1.54, 1.807) is 23.3 Å². The fraction of sp³-hybridized carbons (Fsp3) is 0.333. The van der Waals surface area contributed by atoms with Crippen LogP contribution in [0.25, 0.3) is 0 Å². The molecule has 24 heavy (non-hydrogen) atoms. The number of nitrogens with one attached hydrogen (secondary N) is 1. The van der Waals surface area contributed by atoms with Gasteiger partial charge in [0.2, 0.25) is 11.8 Å². The first-order valence-corrected chi connectivity index (χ1v) is 8.77. The molecule has 0 saturated carbocycles. The van der Waals surface area contributed by atoms with Crippen molar-refractivity contribution >= 4 is 28.8 Å². The lowest BCUT2D eigenvalue weighted by atomic mass is 10.1. The van der Waals surface area contributed by atoms with Gasteiger partial charge in [0.15, 0.2) is 0 Å². The van der Waals surface area contributed by atoms with Crippen molar-refractivity contribution in [3.8, 4) is 5.75 Å². The SMILES string of the molecule is COc1ccc(N2C[C@@H](CNC(=O)Cc3cccs3)CC2=O)cc1. The first-order chi connectivity index (χ1) is 11.7. The maximum atomic E-state index is 12.2. The monoisotopic (exact) mass is 344 g/mol. The van der Waals surface area contributed by atoms with Gasteiger partial charge in [-0.2, -0.15) is 0 Å². The highest BCUT2D eigenvalue weighted by molar-refractivity contribution is 7.10. The number of rotatable bonds is 6. The van der Waals surface area contributed by atoms with Crippen molar-refractivity contribution in [2.75, 3.05) is 25.1 Å². The molecule has 1 N–H and O–H groups in total. The summed E-state index contributed by atoms with van der Waals surface area (Å²) in [5, 5.41) is 4.91. The van der Waals surface area contributed by atoms with Gasteiger partial charge >= 0.3 is 0 Å². The molecule has 1 aliphatic rings.